The van der Waals surface area contributed by atoms with E-state index in [0.29, 0.717) is 12.1 Å². The Morgan fingerprint density at radius 2 is 1.90 bits per heavy atom. The van der Waals surface area contributed by atoms with Gasteiger partial charge in [-0.15, -0.1) is 0 Å². The molecule has 158 valence electrons. The topological polar surface area (TPSA) is 76.0 Å². The second kappa shape index (κ2) is 9.53. The summed E-state index contributed by atoms with van der Waals surface area (Å²) >= 11 is 1.44. The third-order valence-corrected chi connectivity index (χ3v) is 5.62. The fourth-order valence-electron chi connectivity index (χ4n) is 3.33. The Bertz CT molecular complexity index is 1170. The van der Waals surface area contributed by atoms with Gasteiger partial charge < -0.3 is 15.2 Å². The lowest BCUT2D eigenvalue weighted by Gasteiger charge is -2.20. The quantitative estimate of drug-likeness (QED) is 0.440. The minimum Gasteiger partial charge on any atom is -0.351 e. The van der Waals surface area contributed by atoms with Crippen LogP contribution in [-0.4, -0.2) is 27.9 Å². The zero-order chi connectivity index (χ0) is 21.6. The Morgan fingerprint density at radius 1 is 1.10 bits per heavy atom. The Kier molecular flexibility index (Phi) is 6.37. The Morgan fingerprint density at radius 3 is 2.68 bits per heavy atom. The summed E-state index contributed by atoms with van der Waals surface area (Å²) in [6.07, 6.45) is 1.87. The van der Waals surface area contributed by atoms with E-state index in [0.717, 1.165) is 16.6 Å². The molecule has 31 heavy (non-hydrogen) atoms. The van der Waals surface area contributed by atoms with Gasteiger partial charge in [0, 0.05) is 30.5 Å². The standard InChI is InChI=1S/C23H21FN4O2S/c24-18-7-5-16(6-8-18)20(13-28-15-26-19-3-1-2-4-21(19)28)27-22(29)9-11-25-23(30)17-10-12-31-14-17/h1-8,10,12,14-15,20H,9,11,13H2,(H,25,30)(H,27,29)/t20-/m1/s1. The van der Waals surface area contributed by atoms with Crippen molar-refractivity contribution in [2.45, 2.75) is 19.0 Å². The van der Waals surface area contributed by atoms with Gasteiger partial charge in [0.15, 0.2) is 0 Å². The molecular formula is C23H21FN4O2S. The number of hydrogen-bond acceptors (Lipinski definition) is 4. The molecule has 4 rings (SSSR count). The first kappa shape index (κ1) is 20.7. The van der Waals surface area contributed by atoms with Crippen molar-refractivity contribution in [2.75, 3.05) is 6.54 Å². The number of carbonyl (C=O) groups excluding carboxylic acids is 2. The third kappa shape index (κ3) is 5.16. The highest BCUT2D eigenvalue weighted by atomic mass is 32.1. The lowest BCUT2D eigenvalue weighted by atomic mass is 10.1. The first-order valence-electron chi connectivity index (χ1n) is 9.85. The molecule has 2 heterocycles. The number of hydrogen-bond donors (Lipinski definition) is 2. The summed E-state index contributed by atoms with van der Waals surface area (Å²) in [4.78, 5) is 29.0. The summed E-state index contributed by atoms with van der Waals surface area (Å²) in [7, 11) is 0. The number of aromatic nitrogens is 2. The fourth-order valence-corrected chi connectivity index (χ4v) is 3.97. The van der Waals surface area contributed by atoms with Crippen molar-refractivity contribution in [1.29, 1.82) is 0 Å². The lowest BCUT2D eigenvalue weighted by molar-refractivity contribution is -0.121. The van der Waals surface area contributed by atoms with Crippen molar-refractivity contribution in [3.05, 3.63) is 88.6 Å². The number of imidazole rings is 1. The first-order chi connectivity index (χ1) is 15.1. The molecule has 0 radical (unpaired) electrons. The van der Waals surface area contributed by atoms with Gasteiger partial charge in [-0.3, -0.25) is 9.59 Å². The number of fused-ring (bicyclic) bond motifs is 1. The fraction of sp³-hybridized carbons (Fsp3) is 0.174. The zero-order valence-corrected chi connectivity index (χ0v) is 17.4. The number of nitrogens with one attached hydrogen (secondary N) is 2. The predicted molar refractivity (Wildman–Crippen MR) is 118 cm³/mol. The van der Waals surface area contributed by atoms with Gasteiger partial charge >= 0.3 is 0 Å². The van der Waals surface area contributed by atoms with Crippen LogP contribution >= 0.6 is 11.3 Å². The summed E-state index contributed by atoms with van der Waals surface area (Å²) in [5.41, 5.74) is 3.19. The molecule has 0 aliphatic heterocycles. The minimum absolute atomic E-state index is 0.137. The van der Waals surface area contributed by atoms with E-state index in [9.17, 15) is 14.0 Å². The number of nitrogens with zero attached hydrogens (tertiary/aromatic N) is 2. The van der Waals surface area contributed by atoms with Gasteiger partial charge in [0.05, 0.1) is 23.4 Å². The lowest BCUT2D eigenvalue weighted by Crippen LogP contribution is -2.34. The van der Waals surface area contributed by atoms with E-state index in [4.69, 9.17) is 0 Å². The van der Waals surface area contributed by atoms with E-state index in [-0.39, 0.29) is 36.6 Å². The normalized spacial score (nSPS) is 11.9. The highest BCUT2D eigenvalue weighted by molar-refractivity contribution is 7.08. The van der Waals surface area contributed by atoms with Crippen molar-refractivity contribution < 1.29 is 14.0 Å². The van der Waals surface area contributed by atoms with Crippen LogP contribution in [0.3, 0.4) is 0 Å². The maximum absolute atomic E-state index is 13.4. The maximum Gasteiger partial charge on any atom is 0.252 e. The second-order valence-electron chi connectivity index (χ2n) is 7.08. The highest BCUT2D eigenvalue weighted by Crippen LogP contribution is 2.20. The summed E-state index contributed by atoms with van der Waals surface area (Å²) in [6, 6.07) is 15.2. The molecule has 2 aromatic heterocycles. The minimum atomic E-state index is -0.377. The van der Waals surface area contributed by atoms with Crippen LogP contribution in [0.4, 0.5) is 4.39 Å². The molecule has 8 heteroatoms. The van der Waals surface area contributed by atoms with Crippen LogP contribution in [-0.2, 0) is 11.3 Å². The maximum atomic E-state index is 13.4. The third-order valence-electron chi connectivity index (χ3n) is 4.94. The Labute approximate surface area is 182 Å². The van der Waals surface area contributed by atoms with Crippen LogP contribution in [0.5, 0.6) is 0 Å². The predicted octanol–water partition coefficient (Wildman–Crippen LogP) is 3.91. The number of halogens is 1. The molecule has 0 saturated heterocycles. The number of para-hydroxylation sites is 2. The zero-order valence-electron chi connectivity index (χ0n) is 16.6. The molecule has 0 saturated carbocycles. The molecular weight excluding hydrogens is 415 g/mol. The van der Waals surface area contributed by atoms with Crippen LogP contribution < -0.4 is 10.6 Å². The van der Waals surface area contributed by atoms with Crippen LogP contribution in [0.2, 0.25) is 0 Å². The van der Waals surface area contributed by atoms with Crippen LogP contribution in [0.15, 0.2) is 71.7 Å². The average Bonchev–Trinajstić information content (AvgIpc) is 3.44. The van der Waals surface area contributed by atoms with Gasteiger partial charge in [0.1, 0.15) is 5.82 Å². The summed E-state index contributed by atoms with van der Waals surface area (Å²) in [5, 5.41) is 9.34. The van der Waals surface area contributed by atoms with Gasteiger partial charge in [0.2, 0.25) is 5.91 Å². The molecule has 0 unspecified atom stereocenters. The molecule has 0 aliphatic rings. The van der Waals surface area contributed by atoms with Crippen molar-refractivity contribution >= 4 is 34.2 Å². The van der Waals surface area contributed by atoms with Crippen LogP contribution in [0.1, 0.15) is 28.4 Å². The smallest absolute Gasteiger partial charge is 0.252 e. The summed E-state index contributed by atoms with van der Waals surface area (Å²) in [5.74, 6) is -0.739. The largest absolute Gasteiger partial charge is 0.351 e. The highest BCUT2D eigenvalue weighted by Gasteiger charge is 2.17. The number of rotatable bonds is 8. The molecule has 0 bridgehead atoms. The van der Waals surface area contributed by atoms with Crippen molar-refractivity contribution in [3.63, 3.8) is 0 Å². The van der Waals surface area contributed by atoms with E-state index in [2.05, 4.69) is 15.6 Å². The van der Waals surface area contributed by atoms with Gasteiger partial charge in [-0.05, 0) is 41.3 Å². The van der Waals surface area contributed by atoms with Crippen LogP contribution in [0, 0.1) is 5.82 Å². The van der Waals surface area contributed by atoms with Crippen LogP contribution in [0.25, 0.3) is 11.0 Å². The van der Waals surface area contributed by atoms with Gasteiger partial charge in [-0.25, -0.2) is 9.37 Å². The first-order valence-corrected chi connectivity index (χ1v) is 10.8. The number of thiophene rings is 1. The monoisotopic (exact) mass is 436 g/mol. The molecule has 1 atom stereocenters. The average molecular weight is 437 g/mol. The summed E-state index contributed by atoms with van der Waals surface area (Å²) in [6.45, 7) is 0.670. The van der Waals surface area contributed by atoms with Gasteiger partial charge in [-0.2, -0.15) is 11.3 Å². The molecule has 4 aromatic rings. The molecule has 6 nitrogen and oxygen atoms in total. The molecule has 0 aliphatic carbocycles. The van der Waals surface area contributed by atoms with Crippen molar-refractivity contribution in [1.82, 2.24) is 20.2 Å². The number of carbonyl (C=O) groups is 2. The van der Waals surface area contributed by atoms with E-state index in [1.54, 1.807) is 29.9 Å². The van der Waals surface area contributed by atoms with E-state index >= 15 is 0 Å². The molecule has 0 spiro atoms. The van der Waals surface area contributed by atoms with Crippen molar-refractivity contribution in [2.24, 2.45) is 0 Å². The number of amides is 2. The van der Waals surface area contributed by atoms with E-state index < -0.39 is 0 Å². The number of benzene rings is 2. The van der Waals surface area contributed by atoms with Crippen molar-refractivity contribution in [3.8, 4) is 0 Å². The SMILES string of the molecule is O=C(CCNC(=O)c1ccsc1)N[C@H](Cn1cnc2ccccc21)c1ccc(F)cc1. The molecule has 2 aromatic carbocycles. The second-order valence-corrected chi connectivity index (χ2v) is 7.86. The molecule has 2 N–H and O–H groups in total. The Hall–Kier alpha value is -3.52. The van der Waals surface area contributed by atoms with Gasteiger partial charge in [-0.1, -0.05) is 24.3 Å². The summed E-state index contributed by atoms with van der Waals surface area (Å²) < 4.78 is 15.4. The van der Waals surface area contributed by atoms with E-state index in [1.165, 1.54) is 23.5 Å². The Balaban J connectivity index is 1.43. The molecule has 0 fully saturated rings. The van der Waals surface area contributed by atoms with Gasteiger partial charge in [0.25, 0.3) is 5.91 Å². The molecule has 2 amide bonds. The van der Waals surface area contributed by atoms with E-state index in [1.807, 2.05) is 34.2 Å².